The Balaban J connectivity index is 1.58. The van der Waals surface area contributed by atoms with Gasteiger partial charge in [-0.15, -0.1) is 0 Å². The predicted octanol–water partition coefficient (Wildman–Crippen LogP) is 2.41. The standard InChI is InChI=1S/C25H32BN4O5/c1-17(2)11-20(26-30(15-24(32)35-26)18(3)16-34-26)13-23(31)21(12-19-7-5-4-6-8-19)29-25(33)22-14-27-9-10-28-22/h4-10,14,17-18,20-21H,11-13,15-16H2,1-3H3,(H,29,33)/q-1/t18-,20-,21+,26?/m1/s1. The number of Topliss-reactive ketones (excluding diaryl/α,β-unsaturated/α-hetero) is 1. The maximum absolute atomic E-state index is 13.8. The van der Waals surface area contributed by atoms with Crippen LogP contribution in [0.3, 0.4) is 0 Å². The fourth-order valence-electron chi connectivity index (χ4n) is 5.24. The Morgan fingerprint density at radius 3 is 2.69 bits per heavy atom. The van der Waals surface area contributed by atoms with Gasteiger partial charge in [-0.25, -0.2) is 4.98 Å². The Bertz CT molecular complexity index is 1050. The molecule has 1 aromatic heterocycles. The molecule has 4 atom stereocenters. The Morgan fingerprint density at radius 2 is 2.00 bits per heavy atom. The molecule has 1 amide bonds. The highest BCUT2D eigenvalue weighted by molar-refractivity contribution is 6.70. The highest BCUT2D eigenvalue weighted by Gasteiger charge is 2.55. The summed E-state index contributed by atoms with van der Waals surface area (Å²) in [5, 5.41) is 2.86. The Kier molecular flexibility index (Phi) is 7.61. The second kappa shape index (κ2) is 10.7. The van der Waals surface area contributed by atoms with Crippen molar-refractivity contribution in [3.8, 4) is 0 Å². The van der Waals surface area contributed by atoms with Crippen molar-refractivity contribution in [3.63, 3.8) is 0 Å². The highest BCUT2D eigenvalue weighted by atomic mass is 16.7. The van der Waals surface area contributed by atoms with Crippen LogP contribution in [0.4, 0.5) is 0 Å². The number of amides is 1. The van der Waals surface area contributed by atoms with Gasteiger partial charge in [0.15, 0.2) is 5.78 Å². The summed E-state index contributed by atoms with van der Waals surface area (Å²) in [6, 6.07) is 8.79. The molecule has 186 valence electrons. The van der Waals surface area contributed by atoms with Crippen LogP contribution in [0.5, 0.6) is 0 Å². The number of ketones is 1. The zero-order valence-electron chi connectivity index (χ0n) is 20.4. The van der Waals surface area contributed by atoms with Gasteiger partial charge in [-0.1, -0.05) is 63.3 Å². The molecule has 0 radical (unpaired) electrons. The first-order valence-electron chi connectivity index (χ1n) is 12.2. The number of hydrogen-bond acceptors (Lipinski definition) is 8. The van der Waals surface area contributed by atoms with Gasteiger partial charge in [-0.3, -0.25) is 19.4 Å². The summed E-state index contributed by atoms with van der Waals surface area (Å²) in [4.78, 5) is 48.9. The molecule has 0 saturated carbocycles. The molecule has 9 nitrogen and oxygen atoms in total. The van der Waals surface area contributed by atoms with Crippen molar-refractivity contribution < 1.29 is 23.7 Å². The smallest absolute Gasteiger partial charge is 0.378 e. The van der Waals surface area contributed by atoms with Gasteiger partial charge >= 0.3 is 6.69 Å². The SMILES string of the molecule is CC(C)C[C@H](CC(=O)[C@H](Cc1ccccc1)NC(=O)c1cnccn1)[B-]12OC[C@@H](C)N1CC(=O)O2. The first-order valence-corrected chi connectivity index (χ1v) is 12.2. The molecule has 0 aliphatic carbocycles. The van der Waals surface area contributed by atoms with E-state index in [0.29, 0.717) is 19.4 Å². The fraction of sp³-hybridized carbons (Fsp3) is 0.480. The largest absolute Gasteiger partial charge is 0.652 e. The monoisotopic (exact) mass is 479 g/mol. The van der Waals surface area contributed by atoms with E-state index in [1.165, 1.54) is 18.6 Å². The number of rotatable bonds is 10. The van der Waals surface area contributed by atoms with E-state index in [1.807, 2.05) is 42.1 Å². The molecule has 0 spiro atoms. The highest BCUT2D eigenvalue weighted by Crippen LogP contribution is 2.43. The van der Waals surface area contributed by atoms with E-state index in [4.69, 9.17) is 9.31 Å². The number of nitrogens with one attached hydrogen (secondary N) is 1. The Morgan fingerprint density at radius 1 is 1.23 bits per heavy atom. The van der Waals surface area contributed by atoms with Crippen LogP contribution < -0.4 is 5.32 Å². The third-order valence-electron chi connectivity index (χ3n) is 6.82. The first kappa shape index (κ1) is 25.0. The zero-order valence-corrected chi connectivity index (χ0v) is 20.4. The van der Waals surface area contributed by atoms with Gasteiger partial charge in [0.2, 0.25) is 0 Å². The second-order valence-electron chi connectivity index (χ2n) is 9.94. The molecule has 1 unspecified atom stereocenters. The van der Waals surface area contributed by atoms with Crippen molar-refractivity contribution >= 4 is 24.3 Å². The van der Waals surface area contributed by atoms with Crippen molar-refractivity contribution in [2.45, 2.75) is 57.9 Å². The molecule has 1 aromatic carbocycles. The number of carbonyl (C=O) groups is 3. The van der Waals surface area contributed by atoms with Gasteiger partial charge in [0.1, 0.15) is 5.69 Å². The number of carbonyl (C=O) groups excluding carboxylic acids is 3. The lowest BCUT2D eigenvalue weighted by molar-refractivity contribution is -0.133. The van der Waals surface area contributed by atoms with E-state index in [2.05, 4.69) is 29.1 Å². The molecule has 10 heteroatoms. The minimum atomic E-state index is -2.08. The minimum absolute atomic E-state index is 0.0303. The maximum atomic E-state index is 13.8. The molecule has 2 aromatic rings. The number of benzene rings is 1. The molecule has 1 N–H and O–H groups in total. The van der Waals surface area contributed by atoms with Gasteiger partial charge < -0.3 is 19.4 Å². The third-order valence-corrected chi connectivity index (χ3v) is 6.82. The van der Waals surface area contributed by atoms with Crippen LogP contribution in [0.15, 0.2) is 48.9 Å². The van der Waals surface area contributed by atoms with Crippen LogP contribution in [0.25, 0.3) is 0 Å². The molecule has 2 aliphatic heterocycles. The Labute approximate surface area is 205 Å². The molecule has 0 bridgehead atoms. The average molecular weight is 479 g/mol. The average Bonchev–Trinajstić information content (AvgIpc) is 3.34. The van der Waals surface area contributed by atoms with Crippen LogP contribution in [-0.4, -0.2) is 64.4 Å². The van der Waals surface area contributed by atoms with Crippen molar-refractivity contribution in [2.24, 2.45) is 5.92 Å². The quantitative estimate of drug-likeness (QED) is 0.518. The molecule has 35 heavy (non-hydrogen) atoms. The molecule has 2 aliphatic rings. The lowest BCUT2D eigenvalue weighted by atomic mass is 9.53. The second-order valence-corrected chi connectivity index (χ2v) is 9.94. The fourth-order valence-corrected chi connectivity index (χ4v) is 5.24. The first-order chi connectivity index (χ1) is 16.8. The Hall–Kier alpha value is -3.11. The summed E-state index contributed by atoms with van der Waals surface area (Å²) >= 11 is 0. The van der Waals surface area contributed by atoms with Crippen molar-refractivity contribution in [1.29, 1.82) is 0 Å². The van der Waals surface area contributed by atoms with Gasteiger partial charge in [0.25, 0.3) is 11.9 Å². The van der Waals surface area contributed by atoms with Gasteiger partial charge in [-0.2, -0.15) is 0 Å². The van der Waals surface area contributed by atoms with Crippen molar-refractivity contribution in [3.05, 3.63) is 60.2 Å². The van der Waals surface area contributed by atoms with Crippen LogP contribution >= 0.6 is 0 Å². The number of aromatic nitrogens is 2. The number of hydrogen-bond donors (Lipinski definition) is 1. The molecule has 4 rings (SSSR count). The summed E-state index contributed by atoms with van der Waals surface area (Å²) in [5.74, 6) is -0.984. The van der Waals surface area contributed by atoms with E-state index >= 15 is 0 Å². The van der Waals surface area contributed by atoms with Crippen molar-refractivity contribution in [2.75, 3.05) is 13.2 Å². The summed E-state index contributed by atoms with van der Waals surface area (Å²) in [6.07, 6.45) is 5.39. The number of nitrogens with zero attached hydrogens (tertiary/aromatic N) is 3. The van der Waals surface area contributed by atoms with Gasteiger partial charge in [0.05, 0.1) is 18.8 Å². The van der Waals surface area contributed by atoms with Gasteiger partial charge in [0, 0.05) is 19.0 Å². The normalized spacial score (nSPS) is 23.5. The maximum Gasteiger partial charge on any atom is 0.378 e. The number of fused-ring (bicyclic) bond motifs is 1. The molecular weight excluding hydrogens is 447 g/mol. The van der Waals surface area contributed by atoms with E-state index in [0.717, 1.165) is 5.56 Å². The van der Waals surface area contributed by atoms with E-state index < -0.39 is 18.6 Å². The summed E-state index contributed by atoms with van der Waals surface area (Å²) in [7, 11) is 0. The molecule has 3 heterocycles. The molecular formula is C25H32BN4O5-. The minimum Gasteiger partial charge on any atom is -0.652 e. The topological polar surface area (TPSA) is 111 Å². The predicted molar refractivity (Wildman–Crippen MR) is 130 cm³/mol. The lowest BCUT2D eigenvalue weighted by Gasteiger charge is -2.44. The summed E-state index contributed by atoms with van der Waals surface area (Å²) in [6.45, 7) is 4.68. The van der Waals surface area contributed by atoms with E-state index in [9.17, 15) is 14.4 Å². The van der Waals surface area contributed by atoms with Gasteiger partial charge in [-0.05, 0) is 30.4 Å². The van der Waals surface area contributed by atoms with Crippen LogP contribution in [0.1, 0.15) is 49.7 Å². The molecule has 2 saturated heterocycles. The zero-order chi connectivity index (χ0) is 25.0. The van der Waals surface area contributed by atoms with Crippen LogP contribution in [0, 0.1) is 5.92 Å². The molecule has 2 fully saturated rings. The van der Waals surface area contributed by atoms with Crippen LogP contribution in [0.2, 0.25) is 5.82 Å². The van der Waals surface area contributed by atoms with E-state index in [-0.39, 0.29) is 48.2 Å². The van der Waals surface area contributed by atoms with Crippen LogP contribution in [-0.2, 0) is 25.3 Å². The lowest BCUT2D eigenvalue weighted by Crippen LogP contribution is -2.54. The summed E-state index contributed by atoms with van der Waals surface area (Å²) in [5.41, 5.74) is 1.07. The summed E-state index contributed by atoms with van der Waals surface area (Å²) < 4.78 is 12.0. The third kappa shape index (κ3) is 5.60. The van der Waals surface area contributed by atoms with Crippen molar-refractivity contribution in [1.82, 2.24) is 20.1 Å². The van der Waals surface area contributed by atoms with E-state index in [1.54, 1.807) is 0 Å².